The second-order valence-corrected chi connectivity index (χ2v) is 5.25. The number of hydrazone groups is 1. The van der Waals surface area contributed by atoms with E-state index in [4.69, 9.17) is 14.2 Å². The highest BCUT2D eigenvalue weighted by Crippen LogP contribution is 2.31. The summed E-state index contributed by atoms with van der Waals surface area (Å²) in [7, 11) is 1.63. The van der Waals surface area contributed by atoms with E-state index in [0.717, 1.165) is 22.6 Å². The maximum Gasteiger partial charge on any atom is 0.240 e. The van der Waals surface area contributed by atoms with Gasteiger partial charge in [-0.25, -0.2) is 5.43 Å². The lowest BCUT2D eigenvalue weighted by molar-refractivity contribution is -0.121. The molecule has 1 heterocycles. The van der Waals surface area contributed by atoms with Gasteiger partial charge in [-0.3, -0.25) is 4.79 Å². The number of nitrogens with zero attached hydrogens (tertiary/aromatic N) is 1. The Morgan fingerprint density at radius 2 is 2.00 bits per heavy atom. The molecule has 0 aliphatic carbocycles. The second-order valence-electron chi connectivity index (χ2n) is 5.25. The van der Waals surface area contributed by atoms with Gasteiger partial charge in [-0.05, 0) is 47.9 Å². The minimum absolute atomic E-state index is 0.136. The first-order valence-corrected chi connectivity index (χ1v) is 7.59. The molecule has 0 aromatic heterocycles. The quantitative estimate of drug-likeness (QED) is 0.654. The lowest BCUT2D eigenvalue weighted by atomic mass is 10.1. The summed E-state index contributed by atoms with van der Waals surface area (Å²) < 4.78 is 15.6. The topological polar surface area (TPSA) is 69.2 Å². The van der Waals surface area contributed by atoms with Crippen molar-refractivity contribution in [1.29, 1.82) is 0 Å². The zero-order valence-electron chi connectivity index (χ0n) is 13.3. The zero-order chi connectivity index (χ0) is 16.8. The van der Waals surface area contributed by atoms with E-state index in [2.05, 4.69) is 10.5 Å². The normalized spacial score (nSPS) is 12.4. The monoisotopic (exact) mass is 326 g/mol. The van der Waals surface area contributed by atoms with Crippen LogP contribution in [0.1, 0.15) is 17.5 Å². The van der Waals surface area contributed by atoms with Gasteiger partial charge >= 0.3 is 0 Å². The van der Waals surface area contributed by atoms with E-state index >= 15 is 0 Å². The van der Waals surface area contributed by atoms with Gasteiger partial charge in [0.2, 0.25) is 12.7 Å². The number of carbonyl (C=O) groups is 1. The molecule has 0 saturated carbocycles. The summed E-state index contributed by atoms with van der Waals surface area (Å²) in [5.41, 5.74) is 4.43. The standard InChI is InChI=1S/C18H18N2O4/c1-22-15-6-2-13(3-7-15)5-9-18(21)20-19-11-14-4-8-16-17(10-14)24-12-23-16/h2-4,6-8,10-11H,5,9,12H2,1H3,(H,20,21)/b19-11+. The van der Waals surface area contributed by atoms with Gasteiger partial charge in [0.15, 0.2) is 11.5 Å². The number of amides is 1. The third kappa shape index (κ3) is 4.04. The Labute approximate surface area is 140 Å². The molecule has 0 radical (unpaired) electrons. The van der Waals surface area contributed by atoms with Crippen molar-refractivity contribution >= 4 is 12.1 Å². The highest BCUT2D eigenvalue weighted by Gasteiger charge is 2.12. The second kappa shape index (κ2) is 7.50. The predicted octanol–water partition coefficient (Wildman–Crippen LogP) is 2.51. The zero-order valence-corrected chi connectivity index (χ0v) is 13.3. The summed E-state index contributed by atoms with van der Waals surface area (Å²) >= 11 is 0. The minimum Gasteiger partial charge on any atom is -0.497 e. The number of hydrogen-bond acceptors (Lipinski definition) is 5. The molecule has 0 atom stereocenters. The van der Waals surface area contributed by atoms with Crippen LogP contribution in [0.2, 0.25) is 0 Å². The van der Waals surface area contributed by atoms with E-state index in [0.29, 0.717) is 18.6 Å². The average molecular weight is 326 g/mol. The van der Waals surface area contributed by atoms with Gasteiger partial charge in [-0.15, -0.1) is 0 Å². The van der Waals surface area contributed by atoms with E-state index in [1.165, 1.54) is 0 Å². The summed E-state index contributed by atoms with van der Waals surface area (Å²) in [5.74, 6) is 2.07. The van der Waals surface area contributed by atoms with E-state index in [1.807, 2.05) is 42.5 Å². The van der Waals surface area contributed by atoms with Gasteiger partial charge in [0.25, 0.3) is 0 Å². The number of methoxy groups -OCH3 is 1. The maximum atomic E-state index is 11.8. The Morgan fingerprint density at radius 3 is 2.79 bits per heavy atom. The van der Waals surface area contributed by atoms with Gasteiger partial charge in [0.1, 0.15) is 5.75 Å². The fraction of sp³-hybridized carbons (Fsp3) is 0.222. The Balaban J connectivity index is 1.46. The predicted molar refractivity (Wildman–Crippen MR) is 89.6 cm³/mol. The number of hydrogen-bond donors (Lipinski definition) is 1. The van der Waals surface area contributed by atoms with Crippen molar-refractivity contribution in [3.8, 4) is 17.2 Å². The molecule has 1 aliphatic rings. The van der Waals surface area contributed by atoms with Crippen LogP contribution in [0, 0.1) is 0 Å². The van der Waals surface area contributed by atoms with Gasteiger partial charge in [-0.2, -0.15) is 5.10 Å². The molecule has 3 rings (SSSR count). The molecule has 2 aromatic rings. The number of ether oxygens (including phenoxy) is 3. The van der Waals surface area contributed by atoms with Crippen molar-refractivity contribution in [2.24, 2.45) is 5.10 Å². The molecule has 124 valence electrons. The van der Waals surface area contributed by atoms with Crippen molar-refractivity contribution in [2.75, 3.05) is 13.9 Å². The van der Waals surface area contributed by atoms with Crippen molar-refractivity contribution in [2.45, 2.75) is 12.8 Å². The molecule has 0 unspecified atom stereocenters. The first-order valence-electron chi connectivity index (χ1n) is 7.59. The van der Waals surface area contributed by atoms with Gasteiger partial charge in [0.05, 0.1) is 13.3 Å². The lowest BCUT2D eigenvalue weighted by Crippen LogP contribution is -2.17. The molecule has 0 spiro atoms. The lowest BCUT2D eigenvalue weighted by Gasteiger charge is -2.03. The molecular weight excluding hydrogens is 308 g/mol. The molecule has 24 heavy (non-hydrogen) atoms. The van der Waals surface area contributed by atoms with Crippen LogP contribution in [0.15, 0.2) is 47.6 Å². The molecule has 1 amide bonds. The number of carbonyl (C=O) groups excluding carboxylic acids is 1. The maximum absolute atomic E-state index is 11.8. The summed E-state index contributed by atoms with van der Waals surface area (Å²) in [6.45, 7) is 0.234. The molecule has 0 bridgehead atoms. The van der Waals surface area contributed by atoms with E-state index < -0.39 is 0 Å². The Hall–Kier alpha value is -3.02. The molecule has 0 fully saturated rings. The third-order valence-corrected chi connectivity index (χ3v) is 3.60. The Bertz CT molecular complexity index is 741. The smallest absolute Gasteiger partial charge is 0.240 e. The number of nitrogens with one attached hydrogen (secondary N) is 1. The summed E-state index contributed by atoms with van der Waals surface area (Å²) in [6.07, 6.45) is 2.59. The van der Waals surface area contributed by atoms with Crippen molar-refractivity contribution in [3.05, 3.63) is 53.6 Å². The summed E-state index contributed by atoms with van der Waals surface area (Å²) in [5, 5.41) is 3.97. The fourth-order valence-corrected chi connectivity index (χ4v) is 2.28. The first kappa shape index (κ1) is 15.9. The largest absolute Gasteiger partial charge is 0.497 e. The Morgan fingerprint density at radius 1 is 1.21 bits per heavy atom. The van der Waals surface area contributed by atoms with E-state index in [1.54, 1.807) is 13.3 Å². The number of rotatable bonds is 6. The minimum atomic E-state index is -0.136. The van der Waals surface area contributed by atoms with E-state index in [-0.39, 0.29) is 12.7 Å². The Kier molecular flexibility index (Phi) is 4.96. The van der Waals surface area contributed by atoms with Gasteiger partial charge in [0, 0.05) is 6.42 Å². The average Bonchev–Trinajstić information content (AvgIpc) is 3.08. The van der Waals surface area contributed by atoms with Gasteiger partial charge < -0.3 is 14.2 Å². The van der Waals surface area contributed by atoms with Crippen molar-refractivity contribution < 1.29 is 19.0 Å². The van der Waals surface area contributed by atoms with Crippen molar-refractivity contribution in [1.82, 2.24) is 5.43 Å². The number of benzene rings is 2. The molecule has 0 saturated heterocycles. The third-order valence-electron chi connectivity index (χ3n) is 3.60. The molecule has 1 N–H and O–H groups in total. The molecule has 1 aliphatic heterocycles. The van der Waals surface area contributed by atoms with Crippen molar-refractivity contribution in [3.63, 3.8) is 0 Å². The van der Waals surface area contributed by atoms with Crippen LogP contribution in [0.4, 0.5) is 0 Å². The van der Waals surface area contributed by atoms with Gasteiger partial charge in [-0.1, -0.05) is 12.1 Å². The van der Waals surface area contributed by atoms with Crippen LogP contribution in [0.25, 0.3) is 0 Å². The molecule has 6 heteroatoms. The molecular formula is C18H18N2O4. The fourth-order valence-electron chi connectivity index (χ4n) is 2.28. The molecule has 6 nitrogen and oxygen atoms in total. The number of fused-ring (bicyclic) bond motifs is 1. The molecule has 2 aromatic carbocycles. The van der Waals surface area contributed by atoms with Crippen LogP contribution in [-0.2, 0) is 11.2 Å². The first-order chi connectivity index (χ1) is 11.7. The highest BCUT2D eigenvalue weighted by atomic mass is 16.7. The SMILES string of the molecule is COc1ccc(CCC(=O)N/N=C/c2ccc3c(c2)OCO3)cc1. The highest BCUT2D eigenvalue weighted by molar-refractivity contribution is 5.83. The summed E-state index contributed by atoms with van der Waals surface area (Å²) in [6, 6.07) is 13.1. The number of aryl methyl sites for hydroxylation is 1. The van der Waals surface area contributed by atoms with Crippen LogP contribution >= 0.6 is 0 Å². The van der Waals surface area contributed by atoms with Crippen LogP contribution in [0.5, 0.6) is 17.2 Å². The summed E-state index contributed by atoms with van der Waals surface area (Å²) in [4.78, 5) is 11.8. The van der Waals surface area contributed by atoms with E-state index in [9.17, 15) is 4.79 Å². The van der Waals surface area contributed by atoms with Crippen LogP contribution in [0.3, 0.4) is 0 Å². The van der Waals surface area contributed by atoms with Crippen LogP contribution < -0.4 is 19.6 Å². The van der Waals surface area contributed by atoms with Crippen LogP contribution in [-0.4, -0.2) is 26.0 Å².